The number of aliphatic hydroxyl groups excluding tert-OH is 3. The summed E-state index contributed by atoms with van der Waals surface area (Å²) in [4.78, 5) is 26.2. The second kappa shape index (κ2) is 11.4. The summed E-state index contributed by atoms with van der Waals surface area (Å²) in [6, 6.07) is 10.3. The largest absolute Gasteiger partial charge is 0.394 e. The maximum Gasteiger partial charge on any atom is 0.256 e. The Labute approximate surface area is 232 Å². The summed E-state index contributed by atoms with van der Waals surface area (Å²) in [5, 5.41) is 36.0. The van der Waals surface area contributed by atoms with Gasteiger partial charge in [-0.2, -0.15) is 4.98 Å². The minimum atomic E-state index is -1.12. The van der Waals surface area contributed by atoms with Crippen molar-refractivity contribution in [3.8, 4) is 16.9 Å². The molecule has 1 atom stereocenters. The highest BCUT2D eigenvalue weighted by Crippen LogP contribution is 2.33. The van der Waals surface area contributed by atoms with Gasteiger partial charge in [-0.25, -0.2) is 18.7 Å². The molecular weight excluding hydrogens is 536 g/mol. The highest BCUT2D eigenvalue weighted by molar-refractivity contribution is 5.93. The van der Waals surface area contributed by atoms with Gasteiger partial charge in [-0.1, -0.05) is 12.1 Å². The SMILES string of the molecule is Cc1ccc(NC(O)c2cn(C)cn2)cc1-c1nc(NC(CO)CO)nc2c1ccc(=O)n2-c1c(F)cccc1F. The van der Waals surface area contributed by atoms with Gasteiger partial charge in [-0.3, -0.25) is 9.36 Å². The van der Waals surface area contributed by atoms with E-state index in [4.69, 9.17) is 0 Å². The van der Waals surface area contributed by atoms with E-state index < -0.39 is 48.4 Å². The normalized spacial score (nSPS) is 12.2. The molecule has 1 unspecified atom stereocenters. The third kappa shape index (κ3) is 5.50. The summed E-state index contributed by atoms with van der Waals surface area (Å²) < 4.78 is 32.3. The molecule has 0 saturated heterocycles. The van der Waals surface area contributed by atoms with Crippen LogP contribution in [0.2, 0.25) is 0 Å². The Morgan fingerprint density at radius 2 is 1.73 bits per heavy atom. The van der Waals surface area contributed by atoms with Crippen molar-refractivity contribution in [2.75, 3.05) is 23.8 Å². The first-order valence-electron chi connectivity index (χ1n) is 12.6. The number of imidazole rings is 1. The first-order chi connectivity index (χ1) is 19.7. The standard InChI is InChI=1S/C28H27F2N7O4/c1-15-6-7-16(32-27(41)22-11-36(2)14-31-22)10-19(15)24-18-8-9-23(40)37(25-20(29)4-3-5-21(25)30)26(18)35-28(34-24)33-17(12-38)13-39/h3-11,14,17,27,32,38-39,41H,12-13H2,1-2H3,(H,33,34,35). The van der Waals surface area contributed by atoms with Crippen LogP contribution in [-0.4, -0.2) is 58.7 Å². The van der Waals surface area contributed by atoms with E-state index in [1.165, 1.54) is 18.2 Å². The summed E-state index contributed by atoms with van der Waals surface area (Å²) in [6.07, 6.45) is 2.12. The molecule has 41 heavy (non-hydrogen) atoms. The molecule has 5 aromatic rings. The molecule has 212 valence electrons. The van der Waals surface area contributed by atoms with E-state index in [-0.39, 0.29) is 11.6 Å². The third-order valence-corrected chi connectivity index (χ3v) is 6.49. The number of benzene rings is 2. The molecule has 2 aromatic carbocycles. The van der Waals surface area contributed by atoms with Gasteiger partial charge in [0.2, 0.25) is 5.95 Å². The Morgan fingerprint density at radius 3 is 2.39 bits per heavy atom. The third-order valence-electron chi connectivity index (χ3n) is 6.49. The van der Waals surface area contributed by atoms with Crippen molar-refractivity contribution in [3.05, 3.63) is 94.3 Å². The smallest absolute Gasteiger partial charge is 0.256 e. The van der Waals surface area contributed by atoms with E-state index in [2.05, 4.69) is 25.6 Å². The van der Waals surface area contributed by atoms with Crippen LogP contribution in [0.25, 0.3) is 28.0 Å². The minimum absolute atomic E-state index is 0.0945. The Bertz CT molecular complexity index is 1770. The van der Waals surface area contributed by atoms with Crippen LogP contribution in [0.15, 0.2) is 65.8 Å². The lowest BCUT2D eigenvalue weighted by Crippen LogP contribution is -2.29. The molecule has 0 aliphatic carbocycles. The number of pyridine rings is 1. The Balaban J connectivity index is 1.73. The predicted octanol–water partition coefficient (Wildman–Crippen LogP) is 2.64. The molecule has 13 heteroatoms. The molecule has 5 rings (SSSR count). The van der Waals surface area contributed by atoms with Gasteiger partial charge >= 0.3 is 0 Å². The fourth-order valence-electron chi connectivity index (χ4n) is 4.41. The van der Waals surface area contributed by atoms with E-state index >= 15 is 0 Å². The van der Waals surface area contributed by atoms with Gasteiger partial charge in [-0.15, -0.1) is 0 Å². The van der Waals surface area contributed by atoms with Crippen LogP contribution in [0.4, 0.5) is 20.4 Å². The Kier molecular flexibility index (Phi) is 7.75. The van der Waals surface area contributed by atoms with Crippen LogP contribution in [-0.2, 0) is 7.05 Å². The number of anilines is 2. The molecule has 0 saturated carbocycles. The number of para-hydroxylation sites is 1. The fraction of sp³-hybridized carbons (Fsp3) is 0.214. The lowest BCUT2D eigenvalue weighted by atomic mass is 10.0. The number of halogens is 2. The number of fused-ring (bicyclic) bond motifs is 1. The second-order valence-corrected chi connectivity index (χ2v) is 9.46. The summed E-state index contributed by atoms with van der Waals surface area (Å²) >= 11 is 0. The topological polar surface area (TPSA) is 150 Å². The van der Waals surface area contributed by atoms with Gasteiger partial charge < -0.3 is 30.5 Å². The summed E-state index contributed by atoms with van der Waals surface area (Å²) in [7, 11) is 1.78. The summed E-state index contributed by atoms with van der Waals surface area (Å²) in [6.45, 7) is 0.910. The zero-order valence-corrected chi connectivity index (χ0v) is 22.1. The van der Waals surface area contributed by atoms with Gasteiger partial charge in [0.15, 0.2) is 11.9 Å². The molecule has 0 radical (unpaired) electrons. The molecule has 0 amide bonds. The number of aryl methyl sites for hydroxylation is 2. The zero-order chi connectivity index (χ0) is 29.3. The summed E-state index contributed by atoms with van der Waals surface area (Å²) in [5.41, 5.74) is 1.09. The van der Waals surface area contributed by atoms with Crippen molar-refractivity contribution in [1.82, 2.24) is 24.1 Å². The molecule has 0 spiro atoms. The molecule has 3 heterocycles. The minimum Gasteiger partial charge on any atom is -0.394 e. The summed E-state index contributed by atoms with van der Waals surface area (Å²) in [5.74, 6) is -2.03. The average Bonchev–Trinajstić information content (AvgIpc) is 3.39. The maximum atomic E-state index is 14.9. The molecular formula is C28H27F2N7O4. The van der Waals surface area contributed by atoms with Crippen LogP contribution in [0.5, 0.6) is 0 Å². The zero-order valence-electron chi connectivity index (χ0n) is 22.1. The van der Waals surface area contributed by atoms with Crippen LogP contribution in [0.1, 0.15) is 17.5 Å². The number of rotatable bonds is 9. The Hall–Kier alpha value is -4.72. The van der Waals surface area contributed by atoms with E-state index in [1.807, 2.05) is 6.92 Å². The quantitative estimate of drug-likeness (QED) is 0.171. The highest BCUT2D eigenvalue weighted by Gasteiger charge is 2.21. The molecule has 5 N–H and O–H groups in total. The van der Waals surface area contributed by atoms with Crippen molar-refractivity contribution in [2.45, 2.75) is 19.2 Å². The fourth-order valence-corrected chi connectivity index (χ4v) is 4.41. The van der Waals surface area contributed by atoms with Crippen LogP contribution in [0.3, 0.4) is 0 Å². The monoisotopic (exact) mass is 563 g/mol. The number of hydrogen-bond donors (Lipinski definition) is 5. The predicted molar refractivity (Wildman–Crippen MR) is 149 cm³/mol. The van der Waals surface area contributed by atoms with Crippen molar-refractivity contribution >= 4 is 22.7 Å². The molecule has 0 bridgehead atoms. The Morgan fingerprint density at radius 1 is 1.00 bits per heavy atom. The van der Waals surface area contributed by atoms with Crippen LogP contribution >= 0.6 is 0 Å². The van der Waals surface area contributed by atoms with Gasteiger partial charge in [0.05, 0.1) is 31.3 Å². The molecule has 11 nitrogen and oxygen atoms in total. The highest BCUT2D eigenvalue weighted by atomic mass is 19.1. The first-order valence-corrected chi connectivity index (χ1v) is 12.6. The van der Waals surface area contributed by atoms with Crippen molar-refractivity contribution in [3.63, 3.8) is 0 Å². The number of hydrogen-bond acceptors (Lipinski definition) is 9. The van der Waals surface area contributed by atoms with Crippen molar-refractivity contribution < 1.29 is 24.1 Å². The molecule has 0 aliphatic rings. The first kappa shape index (κ1) is 27.8. The van der Waals surface area contributed by atoms with E-state index in [9.17, 15) is 28.9 Å². The van der Waals surface area contributed by atoms with Gasteiger partial charge in [0.1, 0.15) is 23.0 Å². The van der Waals surface area contributed by atoms with Crippen molar-refractivity contribution in [1.29, 1.82) is 0 Å². The average molecular weight is 564 g/mol. The van der Waals surface area contributed by atoms with E-state index in [0.29, 0.717) is 28.0 Å². The van der Waals surface area contributed by atoms with E-state index in [0.717, 1.165) is 22.3 Å². The number of aliphatic hydroxyl groups is 3. The molecule has 3 aromatic heterocycles. The van der Waals surface area contributed by atoms with Gasteiger partial charge in [0, 0.05) is 35.9 Å². The maximum absolute atomic E-state index is 14.9. The lowest BCUT2D eigenvalue weighted by molar-refractivity contribution is 0.203. The van der Waals surface area contributed by atoms with Crippen LogP contribution < -0.4 is 16.2 Å². The second-order valence-electron chi connectivity index (χ2n) is 9.46. The molecule has 0 fully saturated rings. The van der Waals surface area contributed by atoms with E-state index in [1.54, 1.807) is 42.3 Å². The van der Waals surface area contributed by atoms with Crippen molar-refractivity contribution in [2.24, 2.45) is 7.05 Å². The number of nitrogens with zero attached hydrogens (tertiary/aromatic N) is 5. The van der Waals surface area contributed by atoms with Gasteiger partial charge in [-0.05, 0) is 42.8 Å². The van der Waals surface area contributed by atoms with Crippen LogP contribution in [0, 0.1) is 18.6 Å². The van der Waals surface area contributed by atoms with Gasteiger partial charge in [0.25, 0.3) is 5.56 Å². The lowest BCUT2D eigenvalue weighted by Gasteiger charge is -2.19. The number of nitrogens with one attached hydrogen (secondary N) is 2. The number of aromatic nitrogens is 5. The molecule has 0 aliphatic heterocycles.